The van der Waals surface area contributed by atoms with Crippen molar-refractivity contribution < 1.29 is 0 Å². The van der Waals surface area contributed by atoms with Gasteiger partial charge in [-0.3, -0.25) is 4.79 Å². The molecule has 2 aromatic heterocycles. The number of rotatable bonds is 5. The van der Waals surface area contributed by atoms with E-state index in [0.717, 1.165) is 18.8 Å². The van der Waals surface area contributed by atoms with E-state index in [-0.39, 0.29) is 5.56 Å². The van der Waals surface area contributed by atoms with E-state index < -0.39 is 0 Å². The van der Waals surface area contributed by atoms with E-state index in [4.69, 9.17) is 11.6 Å². The highest BCUT2D eigenvalue weighted by Crippen LogP contribution is 2.17. The molecule has 0 spiro atoms. The molecule has 0 saturated carbocycles. The molecule has 20 heavy (non-hydrogen) atoms. The summed E-state index contributed by atoms with van der Waals surface area (Å²) in [4.78, 5) is 16.5. The van der Waals surface area contributed by atoms with Crippen LogP contribution in [-0.4, -0.2) is 16.1 Å². The number of hydrogen-bond acceptors (Lipinski definition) is 3. The van der Waals surface area contributed by atoms with Gasteiger partial charge in [0.05, 0.1) is 17.3 Å². The number of halogens is 1. The van der Waals surface area contributed by atoms with Gasteiger partial charge in [-0.25, -0.2) is 4.98 Å². The Bertz CT molecular complexity index is 652. The third kappa shape index (κ3) is 3.39. The fourth-order valence-electron chi connectivity index (χ4n) is 1.89. The van der Waals surface area contributed by atoms with Crippen LogP contribution in [0.25, 0.3) is 0 Å². The summed E-state index contributed by atoms with van der Waals surface area (Å²) in [5.41, 5.74) is 1.39. The highest BCUT2D eigenvalue weighted by molar-refractivity contribution is 6.31. The minimum atomic E-state index is -0.0164. The summed E-state index contributed by atoms with van der Waals surface area (Å²) in [7, 11) is 0. The molecule has 0 aliphatic rings. The lowest BCUT2D eigenvalue weighted by Gasteiger charge is -2.10. The van der Waals surface area contributed by atoms with Gasteiger partial charge in [-0.15, -0.1) is 0 Å². The molecule has 0 atom stereocenters. The Hall–Kier alpha value is -1.81. The summed E-state index contributed by atoms with van der Waals surface area (Å²) in [6.07, 6.45) is 2.77. The molecule has 0 aromatic carbocycles. The van der Waals surface area contributed by atoms with Gasteiger partial charge in [-0.05, 0) is 31.5 Å². The average Bonchev–Trinajstić information content (AvgIpc) is 2.44. The molecule has 0 amide bonds. The molecular weight excluding hydrogens is 274 g/mol. The average molecular weight is 292 g/mol. The predicted molar refractivity (Wildman–Crippen MR) is 82.6 cm³/mol. The molecule has 4 nitrogen and oxygen atoms in total. The number of pyridine rings is 2. The smallest absolute Gasteiger partial charge is 0.253 e. The van der Waals surface area contributed by atoms with E-state index in [0.29, 0.717) is 22.8 Å². The highest BCUT2D eigenvalue weighted by Gasteiger charge is 2.07. The predicted octanol–water partition coefficient (Wildman–Crippen LogP) is 3.08. The van der Waals surface area contributed by atoms with Crippen LogP contribution in [-0.2, 0) is 6.54 Å². The van der Waals surface area contributed by atoms with Crippen molar-refractivity contribution in [1.29, 1.82) is 0 Å². The van der Waals surface area contributed by atoms with E-state index in [1.807, 2.05) is 18.2 Å². The molecule has 0 bridgehead atoms. The Kier molecular flexibility index (Phi) is 4.79. The quantitative estimate of drug-likeness (QED) is 0.921. The molecule has 0 fully saturated rings. The molecule has 5 heteroatoms. The number of aromatic nitrogens is 2. The van der Waals surface area contributed by atoms with E-state index in [1.54, 1.807) is 23.8 Å². The SMILES string of the molecule is CCCNc1ccc(Cl)c(Cn2cccc(C)c2=O)n1. The lowest BCUT2D eigenvalue weighted by atomic mass is 10.3. The zero-order chi connectivity index (χ0) is 14.5. The Morgan fingerprint density at radius 1 is 1.35 bits per heavy atom. The Morgan fingerprint density at radius 2 is 2.15 bits per heavy atom. The summed E-state index contributed by atoms with van der Waals surface area (Å²) >= 11 is 6.17. The van der Waals surface area contributed by atoms with Crippen molar-refractivity contribution in [1.82, 2.24) is 9.55 Å². The largest absolute Gasteiger partial charge is 0.370 e. The van der Waals surface area contributed by atoms with Gasteiger partial charge in [-0.2, -0.15) is 0 Å². The molecule has 2 heterocycles. The second-order valence-corrected chi connectivity index (χ2v) is 5.08. The van der Waals surface area contributed by atoms with Gasteiger partial charge in [0.1, 0.15) is 5.82 Å². The summed E-state index contributed by atoms with van der Waals surface area (Å²) in [6.45, 7) is 5.13. The van der Waals surface area contributed by atoms with Gasteiger partial charge in [0.15, 0.2) is 0 Å². The Labute approximate surface area is 123 Å². The molecule has 0 saturated heterocycles. The molecule has 0 aliphatic heterocycles. The van der Waals surface area contributed by atoms with Crippen LogP contribution in [0.4, 0.5) is 5.82 Å². The Morgan fingerprint density at radius 3 is 2.90 bits per heavy atom. The maximum atomic E-state index is 12.0. The van der Waals surface area contributed by atoms with E-state index in [1.165, 1.54) is 0 Å². The molecular formula is C15H18ClN3O. The maximum absolute atomic E-state index is 12.0. The van der Waals surface area contributed by atoms with Crippen molar-refractivity contribution in [3.63, 3.8) is 0 Å². The van der Waals surface area contributed by atoms with Gasteiger partial charge >= 0.3 is 0 Å². The molecule has 0 unspecified atom stereocenters. The van der Waals surface area contributed by atoms with E-state index >= 15 is 0 Å². The third-order valence-corrected chi connectivity index (χ3v) is 3.35. The number of nitrogens with one attached hydrogen (secondary N) is 1. The fourth-order valence-corrected chi connectivity index (χ4v) is 2.05. The first-order chi connectivity index (χ1) is 9.61. The van der Waals surface area contributed by atoms with Gasteiger partial charge in [-0.1, -0.05) is 24.6 Å². The van der Waals surface area contributed by atoms with E-state index in [2.05, 4.69) is 17.2 Å². The monoisotopic (exact) mass is 291 g/mol. The van der Waals surface area contributed by atoms with Crippen molar-refractivity contribution >= 4 is 17.4 Å². The molecule has 2 aromatic rings. The number of aryl methyl sites for hydroxylation is 1. The van der Waals surface area contributed by atoms with Crippen LogP contribution in [0, 0.1) is 6.92 Å². The van der Waals surface area contributed by atoms with Crippen LogP contribution in [0.15, 0.2) is 35.3 Å². The first-order valence-electron chi connectivity index (χ1n) is 6.67. The van der Waals surface area contributed by atoms with Crippen LogP contribution in [0.5, 0.6) is 0 Å². The van der Waals surface area contributed by atoms with Crippen LogP contribution >= 0.6 is 11.6 Å². The standard InChI is InChI=1S/C15H18ClN3O/c1-3-8-17-14-7-6-12(16)13(18-14)10-19-9-4-5-11(2)15(19)20/h4-7,9H,3,8,10H2,1-2H3,(H,17,18). The third-order valence-electron chi connectivity index (χ3n) is 3.01. The minimum Gasteiger partial charge on any atom is -0.370 e. The van der Waals surface area contributed by atoms with Crippen LogP contribution in [0.1, 0.15) is 24.6 Å². The number of anilines is 1. The van der Waals surface area contributed by atoms with Crippen LogP contribution < -0.4 is 10.9 Å². The summed E-state index contributed by atoms with van der Waals surface area (Å²) in [5.74, 6) is 0.784. The molecule has 2 rings (SSSR count). The van der Waals surface area contributed by atoms with Crippen molar-refractivity contribution in [2.45, 2.75) is 26.8 Å². The molecule has 106 valence electrons. The molecule has 0 radical (unpaired) electrons. The molecule has 0 aliphatic carbocycles. The summed E-state index contributed by atoms with van der Waals surface area (Å²) < 4.78 is 1.62. The van der Waals surface area contributed by atoms with Crippen molar-refractivity contribution in [3.05, 3.63) is 57.1 Å². The zero-order valence-corrected chi connectivity index (χ0v) is 12.4. The van der Waals surface area contributed by atoms with Gasteiger partial charge in [0.2, 0.25) is 0 Å². The van der Waals surface area contributed by atoms with Crippen LogP contribution in [0.2, 0.25) is 5.02 Å². The number of nitrogens with zero attached hydrogens (tertiary/aromatic N) is 2. The first kappa shape index (κ1) is 14.6. The topological polar surface area (TPSA) is 46.9 Å². The lowest BCUT2D eigenvalue weighted by molar-refractivity contribution is 0.734. The lowest BCUT2D eigenvalue weighted by Crippen LogP contribution is -2.22. The normalized spacial score (nSPS) is 10.6. The summed E-state index contributed by atoms with van der Waals surface area (Å²) in [5, 5.41) is 3.79. The first-order valence-corrected chi connectivity index (χ1v) is 7.05. The zero-order valence-electron chi connectivity index (χ0n) is 11.7. The summed E-state index contributed by atoms with van der Waals surface area (Å²) in [6, 6.07) is 7.31. The molecule has 1 N–H and O–H groups in total. The van der Waals surface area contributed by atoms with Crippen molar-refractivity contribution in [2.24, 2.45) is 0 Å². The van der Waals surface area contributed by atoms with Crippen LogP contribution in [0.3, 0.4) is 0 Å². The van der Waals surface area contributed by atoms with Gasteiger partial charge < -0.3 is 9.88 Å². The van der Waals surface area contributed by atoms with Gasteiger partial charge in [0, 0.05) is 18.3 Å². The van der Waals surface area contributed by atoms with Crippen molar-refractivity contribution in [3.8, 4) is 0 Å². The van der Waals surface area contributed by atoms with Gasteiger partial charge in [0.25, 0.3) is 5.56 Å². The minimum absolute atomic E-state index is 0.0164. The Balaban J connectivity index is 2.28. The maximum Gasteiger partial charge on any atom is 0.253 e. The highest BCUT2D eigenvalue weighted by atomic mass is 35.5. The number of hydrogen-bond donors (Lipinski definition) is 1. The fraction of sp³-hybridized carbons (Fsp3) is 0.333. The second kappa shape index (κ2) is 6.57. The second-order valence-electron chi connectivity index (χ2n) is 4.68. The van der Waals surface area contributed by atoms with Crippen molar-refractivity contribution in [2.75, 3.05) is 11.9 Å². The van der Waals surface area contributed by atoms with E-state index in [9.17, 15) is 4.79 Å².